The lowest BCUT2D eigenvalue weighted by Gasteiger charge is -2.20. The Bertz CT molecular complexity index is 1630. The molecule has 44 heavy (non-hydrogen) atoms. The molecule has 226 valence electrons. The smallest absolute Gasteiger partial charge is 0.411 e. The lowest BCUT2D eigenvalue weighted by atomic mass is 10.0. The highest BCUT2D eigenvalue weighted by atomic mass is 16.7. The second-order valence-corrected chi connectivity index (χ2v) is 10.4. The number of aromatic amines is 1. The molecule has 2 unspecified atom stereocenters. The van der Waals surface area contributed by atoms with Crippen LogP contribution in [0.2, 0.25) is 0 Å². The minimum atomic E-state index is -0.961. The number of carbonyl (C=O) groups is 3. The van der Waals surface area contributed by atoms with Gasteiger partial charge in [-0.25, -0.2) is 4.79 Å². The van der Waals surface area contributed by atoms with Crippen molar-refractivity contribution in [2.75, 3.05) is 11.9 Å². The molecule has 0 bridgehead atoms. The molecule has 2 amide bonds. The van der Waals surface area contributed by atoms with Crippen molar-refractivity contribution in [3.8, 4) is 0 Å². The van der Waals surface area contributed by atoms with Crippen molar-refractivity contribution in [2.24, 2.45) is 0 Å². The van der Waals surface area contributed by atoms with Crippen molar-refractivity contribution in [1.82, 2.24) is 10.3 Å². The minimum absolute atomic E-state index is 0.0569. The molecule has 1 aromatic heterocycles. The van der Waals surface area contributed by atoms with E-state index in [-0.39, 0.29) is 31.7 Å². The average Bonchev–Trinajstić information content (AvgIpc) is 3.37. The summed E-state index contributed by atoms with van der Waals surface area (Å²) >= 11 is 0. The largest absolute Gasteiger partial charge is 0.449 e. The van der Waals surface area contributed by atoms with Gasteiger partial charge in [-0.3, -0.25) is 19.7 Å². The molecular formula is C34H33N3O7. The number of pyridine rings is 1. The number of anilines is 1. The van der Waals surface area contributed by atoms with E-state index >= 15 is 0 Å². The van der Waals surface area contributed by atoms with Crippen molar-refractivity contribution in [1.29, 1.82) is 0 Å². The number of aromatic nitrogens is 1. The van der Waals surface area contributed by atoms with Gasteiger partial charge in [-0.1, -0.05) is 91.0 Å². The van der Waals surface area contributed by atoms with Crippen LogP contribution >= 0.6 is 0 Å². The van der Waals surface area contributed by atoms with E-state index in [9.17, 15) is 19.2 Å². The highest BCUT2D eigenvalue weighted by molar-refractivity contribution is 5.88. The number of H-pyrrole nitrogens is 1. The first-order valence-corrected chi connectivity index (χ1v) is 14.3. The molecular weight excluding hydrogens is 562 g/mol. The molecule has 1 aliphatic rings. The Morgan fingerprint density at radius 1 is 0.864 bits per heavy atom. The number of hydrogen-bond donors (Lipinski definition) is 3. The summed E-state index contributed by atoms with van der Waals surface area (Å²) in [5.74, 6) is -0.964. The number of benzene rings is 3. The van der Waals surface area contributed by atoms with Crippen molar-refractivity contribution in [3.63, 3.8) is 0 Å². The van der Waals surface area contributed by atoms with Gasteiger partial charge >= 0.3 is 12.1 Å². The van der Waals surface area contributed by atoms with Gasteiger partial charge in [0.1, 0.15) is 11.7 Å². The van der Waals surface area contributed by atoms with E-state index in [4.69, 9.17) is 14.2 Å². The lowest BCUT2D eigenvalue weighted by molar-refractivity contribution is -0.168. The van der Waals surface area contributed by atoms with Gasteiger partial charge in [0.15, 0.2) is 0 Å². The number of ether oxygens (including phenoxy) is 3. The summed E-state index contributed by atoms with van der Waals surface area (Å²) in [5.41, 5.74) is 3.06. The molecule has 3 N–H and O–H groups in total. The molecule has 5 rings (SSSR count). The molecule has 3 aromatic carbocycles. The van der Waals surface area contributed by atoms with Gasteiger partial charge in [0.05, 0.1) is 26.1 Å². The van der Waals surface area contributed by atoms with E-state index in [1.54, 1.807) is 6.07 Å². The Morgan fingerprint density at radius 3 is 2.18 bits per heavy atom. The van der Waals surface area contributed by atoms with Crippen LogP contribution in [0.5, 0.6) is 0 Å². The Hall–Kier alpha value is -5.22. The third-order valence-corrected chi connectivity index (χ3v) is 7.02. The second kappa shape index (κ2) is 14.8. The van der Waals surface area contributed by atoms with Crippen LogP contribution in [0.4, 0.5) is 10.5 Å². The summed E-state index contributed by atoms with van der Waals surface area (Å²) in [7, 11) is 0. The monoisotopic (exact) mass is 595 g/mol. The number of hydrogen-bond acceptors (Lipinski definition) is 7. The molecule has 1 fully saturated rings. The number of carbonyl (C=O) groups excluding carboxylic acids is 3. The fourth-order valence-electron chi connectivity index (χ4n) is 4.89. The summed E-state index contributed by atoms with van der Waals surface area (Å²) in [6.07, 6.45) is -1.16. The molecule has 0 spiro atoms. The molecule has 1 saturated heterocycles. The zero-order valence-electron chi connectivity index (χ0n) is 24.0. The quantitative estimate of drug-likeness (QED) is 0.208. The summed E-state index contributed by atoms with van der Waals surface area (Å²) in [4.78, 5) is 54.0. The normalized spacial score (nSPS) is 15.8. The first-order valence-electron chi connectivity index (χ1n) is 14.3. The van der Waals surface area contributed by atoms with E-state index in [1.807, 2.05) is 91.0 Å². The highest BCUT2D eigenvalue weighted by Gasteiger charge is 2.37. The van der Waals surface area contributed by atoms with Crippen LogP contribution in [0.1, 0.15) is 34.4 Å². The van der Waals surface area contributed by atoms with Crippen LogP contribution in [-0.2, 0) is 49.7 Å². The van der Waals surface area contributed by atoms with Gasteiger partial charge < -0.3 is 24.5 Å². The van der Waals surface area contributed by atoms with Crippen LogP contribution in [0.3, 0.4) is 0 Å². The number of rotatable bonds is 12. The Kier molecular flexibility index (Phi) is 10.2. The van der Waals surface area contributed by atoms with Gasteiger partial charge in [0.25, 0.3) is 5.56 Å². The van der Waals surface area contributed by atoms with Crippen LogP contribution < -0.4 is 16.2 Å². The molecule has 2 atom stereocenters. The first kappa shape index (κ1) is 30.2. The van der Waals surface area contributed by atoms with E-state index < -0.39 is 35.9 Å². The maximum absolute atomic E-state index is 13.3. The minimum Gasteiger partial charge on any atom is -0.449 e. The zero-order chi connectivity index (χ0) is 30.7. The van der Waals surface area contributed by atoms with Crippen LogP contribution in [0.25, 0.3) is 0 Å². The summed E-state index contributed by atoms with van der Waals surface area (Å²) in [6.45, 7) is 0.304. The van der Waals surface area contributed by atoms with E-state index in [2.05, 4.69) is 15.6 Å². The predicted molar refractivity (Wildman–Crippen MR) is 163 cm³/mol. The molecule has 0 aliphatic carbocycles. The Balaban J connectivity index is 1.28. The molecule has 10 nitrogen and oxygen atoms in total. The fourth-order valence-corrected chi connectivity index (χ4v) is 4.89. The third kappa shape index (κ3) is 8.65. The summed E-state index contributed by atoms with van der Waals surface area (Å²) in [5, 5.41) is 5.32. The van der Waals surface area contributed by atoms with Crippen molar-refractivity contribution in [2.45, 2.75) is 44.6 Å². The molecule has 10 heteroatoms. The topological polar surface area (TPSA) is 136 Å². The van der Waals surface area contributed by atoms with Crippen LogP contribution in [0.15, 0.2) is 102 Å². The van der Waals surface area contributed by atoms with Gasteiger partial charge in [-0.2, -0.15) is 0 Å². The number of amides is 2. The highest BCUT2D eigenvalue weighted by Crippen LogP contribution is 2.20. The van der Waals surface area contributed by atoms with Crippen molar-refractivity contribution >= 4 is 23.7 Å². The predicted octanol–water partition coefficient (Wildman–Crippen LogP) is 4.27. The van der Waals surface area contributed by atoms with E-state index in [0.717, 1.165) is 16.7 Å². The Labute approximate surface area is 254 Å². The van der Waals surface area contributed by atoms with Gasteiger partial charge in [-0.05, 0) is 28.3 Å². The second-order valence-electron chi connectivity index (χ2n) is 10.4. The third-order valence-electron chi connectivity index (χ3n) is 7.02. The first-order chi connectivity index (χ1) is 21.4. The maximum Gasteiger partial charge on any atom is 0.411 e. The van der Waals surface area contributed by atoms with E-state index in [1.165, 1.54) is 0 Å². The van der Waals surface area contributed by atoms with Crippen LogP contribution in [-0.4, -0.2) is 41.9 Å². The molecule has 1 aliphatic heterocycles. The standard InChI is InChI=1S/C34H33N3O7/c38-29(36-28-21-30(39)44-33(28)43-22-25-14-8-3-9-15-25)20-26-19-27(18-24-12-6-2-7-13-24)35-32(40)31(26)37-34(41)42-17-16-23-10-4-1-5-11-23/h1-15,19,28,33H,16-18,20-22H2,(H,35,40)(H,36,38)(H,37,41). The SMILES string of the molecule is O=C(Cc1cc(Cc2ccccc2)[nH]c(=O)c1NC(=O)OCCc1ccccc1)NC1CC(=O)OC1OCc1ccccc1. The maximum atomic E-state index is 13.3. The number of nitrogens with one attached hydrogen (secondary N) is 3. The zero-order valence-corrected chi connectivity index (χ0v) is 24.0. The van der Waals surface area contributed by atoms with Gasteiger partial charge in [-0.15, -0.1) is 0 Å². The van der Waals surface area contributed by atoms with Crippen molar-refractivity contribution < 1.29 is 28.6 Å². The summed E-state index contributed by atoms with van der Waals surface area (Å²) in [6, 6.07) is 29.4. The summed E-state index contributed by atoms with van der Waals surface area (Å²) < 4.78 is 16.4. The van der Waals surface area contributed by atoms with Crippen molar-refractivity contribution in [3.05, 3.63) is 135 Å². The molecule has 0 saturated carbocycles. The Morgan fingerprint density at radius 2 is 1.50 bits per heavy atom. The molecule has 4 aromatic rings. The molecule has 2 heterocycles. The lowest BCUT2D eigenvalue weighted by Crippen LogP contribution is -2.42. The van der Waals surface area contributed by atoms with E-state index in [0.29, 0.717) is 24.1 Å². The fraction of sp³-hybridized carbons (Fsp3) is 0.235. The number of cyclic esters (lactones) is 1. The average molecular weight is 596 g/mol. The van der Waals surface area contributed by atoms with Crippen LogP contribution in [0, 0.1) is 0 Å². The van der Waals surface area contributed by atoms with Gasteiger partial charge in [0, 0.05) is 18.5 Å². The number of esters is 1. The molecule has 0 radical (unpaired) electrons. The van der Waals surface area contributed by atoms with Gasteiger partial charge in [0.2, 0.25) is 12.2 Å².